The molecule has 3 atom stereocenters. The first-order chi connectivity index (χ1) is 20.3. The summed E-state index contributed by atoms with van der Waals surface area (Å²) in [4.78, 5) is 44.0. The second kappa shape index (κ2) is 13.6. The van der Waals surface area contributed by atoms with Crippen LogP contribution >= 0.6 is 0 Å². The van der Waals surface area contributed by atoms with Gasteiger partial charge in [-0.1, -0.05) is 42.5 Å². The van der Waals surface area contributed by atoms with Gasteiger partial charge in [0.1, 0.15) is 18.0 Å². The van der Waals surface area contributed by atoms with Gasteiger partial charge in [0.25, 0.3) is 5.91 Å². The maximum absolute atomic E-state index is 15.0. The van der Waals surface area contributed by atoms with E-state index in [1.807, 2.05) is 30.3 Å². The first-order valence-electron chi connectivity index (χ1n) is 14.5. The van der Waals surface area contributed by atoms with Crippen molar-refractivity contribution in [2.45, 2.75) is 43.4 Å². The number of rotatable bonds is 10. The zero-order chi connectivity index (χ0) is 29.6. The van der Waals surface area contributed by atoms with E-state index >= 15 is 0 Å². The monoisotopic (exact) mass is 584 g/mol. The molecule has 0 aromatic heterocycles. The lowest BCUT2D eigenvalue weighted by Gasteiger charge is -2.34. The van der Waals surface area contributed by atoms with Gasteiger partial charge in [0.2, 0.25) is 5.91 Å². The number of alkyl halides is 1. The van der Waals surface area contributed by atoms with Gasteiger partial charge in [-0.3, -0.25) is 14.5 Å². The Morgan fingerprint density at radius 3 is 2.43 bits per heavy atom. The van der Waals surface area contributed by atoms with Crippen LogP contribution in [0.4, 0.5) is 13.6 Å². The molecule has 42 heavy (non-hydrogen) atoms. The molecule has 2 aromatic carbocycles. The van der Waals surface area contributed by atoms with Crippen molar-refractivity contribution < 1.29 is 32.6 Å². The SMILES string of the molecule is COCCN1CCN(C(=O)OCC(=O)N2C[C@H](F)C[C@H]2C(=O)N[C@@H](c2ccccc2)c2ccc(C3CC3)c(F)c2)CC1. The summed E-state index contributed by atoms with van der Waals surface area (Å²) in [5.74, 6) is -1.27. The second-order valence-corrected chi connectivity index (χ2v) is 11.2. The number of hydrogen-bond donors (Lipinski definition) is 1. The molecule has 3 aliphatic rings. The maximum Gasteiger partial charge on any atom is 0.410 e. The summed E-state index contributed by atoms with van der Waals surface area (Å²) in [7, 11) is 1.64. The lowest BCUT2D eigenvalue weighted by molar-refractivity contribution is -0.141. The van der Waals surface area contributed by atoms with Crippen LogP contribution in [0.2, 0.25) is 0 Å². The largest absolute Gasteiger partial charge is 0.439 e. The van der Waals surface area contributed by atoms with E-state index < -0.39 is 42.8 Å². The lowest BCUT2D eigenvalue weighted by Crippen LogP contribution is -2.51. The summed E-state index contributed by atoms with van der Waals surface area (Å²) >= 11 is 0. The molecule has 11 heteroatoms. The first kappa shape index (κ1) is 29.9. The highest BCUT2D eigenvalue weighted by Gasteiger charge is 2.41. The van der Waals surface area contributed by atoms with Gasteiger partial charge in [0, 0.05) is 46.3 Å². The molecule has 226 valence electrons. The van der Waals surface area contributed by atoms with Crippen LogP contribution in [0.3, 0.4) is 0 Å². The third-order valence-electron chi connectivity index (χ3n) is 8.23. The van der Waals surface area contributed by atoms with E-state index in [2.05, 4.69) is 10.2 Å². The van der Waals surface area contributed by atoms with Gasteiger partial charge >= 0.3 is 6.09 Å². The Labute approximate surface area is 244 Å². The maximum atomic E-state index is 15.0. The van der Waals surface area contributed by atoms with Crippen molar-refractivity contribution >= 4 is 17.9 Å². The predicted octanol–water partition coefficient (Wildman–Crippen LogP) is 3.25. The van der Waals surface area contributed by atoms with Crippen molar-refractivity contribution in [1.82, 2.24) is 20.0 Å². The molecule has 1 aliphatic carbocycles. The summed E-state index contributed by atoms with van der Waals surface area (Å²) in [6, 6.07) is 12.4. The number of nitrogens with zero attached hydrogens (tertiary/aromatic N) is 3. The standard InChI is InChI=1S/C31H38F2N4O5/c1-41-16-15-35-11-13-36(14-12-35)31(40)42-20-28(38)37-19-24(32)18-27(37)30(39)34-29(22-5-3-2-4-6-22)23-9-10-25(21-7-8-21)26(33)17-23/h2-6,9-10,17,21,24,27,29H,7-8,11-16,18-20H2,1H3,(H,34,39)/t24-,27+,29+/m1/s1. The molecule has 5 rings (SSSR count). The minimum Gasteiger partial charge on any atom is -0.439 e. The molecule has 1 saturated carbocycles. The highest BCUT2D eigenvalue weighted by Crippen LogP contribution is 2.42. The molecular formula is C31H38F2N4O5. The summed E-state index contributed by atoms with van der Waals surface area (Å²) < 4.78 is 39.9. The van der Waals surface area contributed by atoms with E-state index in [9.17, 15) is 23.2 Å². The minimum absolute atomic E-state index is 0.175. The van der Waals surface area contributed by atoms with Crippen LogP contribution in [0.1, 0.15) is 47.9 Å². The van der Waals surface area contributed by atoms with Gasteiger partial charge in [-0.05, 0) is 41.5 Å². The Hall–Kier alpha value is -3.57. The number of ether oxygens (including phenoxy) is 2. The van der Waals surface area contributed by atoms with Crippen molar-refractivity contribution in [1.29, 1.82) is 0 Å². The molecule has 3 amide bonds. The number of piperazine rings is 1. The molecule has 1 N–H and O–H groups in total. The van der Waals surface area contributed by atoms with Gasteiger partial charge in [-0.15, -0.1) is 0 Å². The fourth-order valence-corrected chi connectivity index (χ4v) is 5.67. The predicted molar refractivity (Wildman–Crippen MR) is 151 cm³/mol. The number of methoxy groups -OCH3 is 1. The highest BCUT2D eigenvalue weighted by molar-refractivity contribution is 5.90. The van der Waals surface area contributed by atoms with Crippen LogP contribution in [-0.4, -0.2) is 104 Å². The van der Waals surface area contributed by atoms with Crippen molar-refractivity contribution in [3.8, 4) is 0 Å². The summed E-state index contributed by atoms with van der Waals surface area (Å²) in [5, 5.41) is 2.93. The fourth-order valence-electron chi connectivity index (χ4n) is 5.67. The highest BCUT2D eigenvalue weighted by atomic mass is 19.1. The summed E-state index contributed by atoms with van der Waals surface area (Å²) in [6.45, 7) is 2.77. The fraction of sp³-hybridized carbons (Fsp3) is 0.516. The molecule has 0 bridgehead atoms. The van der Waals surface area contributed by atoms with E-state index in [1.54, 1.807) is 19.2 Å². The second-order valence-electron chi connectivity index (χ2n) is 11.2. The Bertz CT molecular complexity index is 1250. The molecule has 2 aliphatic heterocycles. The normalized spacial score (nSPS) is 21.7. The van der Waals surface area contributed by atoms with Gasteiger partial charge in [0.05, 0.1) is 19.2 Å². The number of carbonyl (C=O) groups excluding carboxylic acids is 3. The van der Waals surface area contributed by atoms with Crippen molar-refractivity contribution in [2.24, 2.45) is 0 Å². The summed E-state index contributed by atoms with van der Waals surface area (Å²) in [6.07, 6.45) is -0.262. The first-order valence-corrected chi connectivity index (χ1v) is 14.5. The van der Waals surface area contributed by atoms with E-state index in [0.29, 0.717) is 43.9 Å². The van der Waals surface area contributed by atoms with Crippen LogP contribution in [0.5, 0.6) is 0 Å². The quantitative estimate of drug-likeness (QED) is 0.461. The van der Waals surface area contributed by atoms with Crippen LogP contribution < -0.4 is 5.32 Å². The molecule has 0 unspecified atom stereocenters. The van der Waals surface area contributed by atoms with E-state index in [-0.39, 0.29) is 24.7 Å². The average Bonchev–Trinajstić information content (AvgIpc) is 3.77. The molecular weight excluding hydrogens is 546 g/mol. The Kier molecular flexibility index (Phi) is 9.69. The molecule has 0 spiro atoms. The Morgan fingerprint density at radius 2 is 1.76 bits per heavy atom. The molecule has 2 heterocycles. The Balaban J connectivity index is 1.22. The number of likely N-dealkylation sites (tertiary alicyclic amines) is 1. The zero-order valence-electron chi connectivity index (χ0n) is 23.8. The van der Waals surface area contributed by atoms with Gasteiger partial charge < -0.3 is 24.6 Å². The van der Waals surface area contributed by atoms with Crippen LogP contribution in [0.25, 0.3) is 0 Å². The summed E-state index contributed by atoms with van der Waals surface area (Å²) in [5.41, 5.74) is 1.96. The number of benzene rings is 2. The third kappa shape index (κ3) is 7.25. The molecule has 0 radical (unpaired) electrons. The van der Waals surface area contributed by atoms with Crippen molar-refractivity contribution in [2.75, 3.05) is 59.6 Å². The van der Waals surface area contributed by atoms with Crippen LogP contribution in [0.15, 0.2) is 48.5 Å². The third-order valence-corrected chi connectivity index (χ3v) is 8.23. The van der Waals surface area contributed by atoms with E-state index in [1.165, 1.54) is 11.0 Å². The molecule has 2 saturated heterocycles. The van der Waals surface area contributed by atoms with Gasteiger partial charge in [0.15, 0.2) is 6.61 Å². The number of amides is 3. The van der Waals surface area contributed by atoms with Crippen LogP contribution in [0, 0.1) is 5.82 Å². The molecule has 9 nitrogen and oxygen atoms in total. The van der Waals surface area contributed by atoms with Crippen molar-refractivity contribution in [3.63, 3.8) is 0 Å². The Morgan fingerprint density at radius 1 is 1.02 bits per heavy atom. The van der Waals surface area contributed by atoms with E-state index in [0.717, 1.165) is 29.8 Å². The topological polar surface area (TPSA) is 91.4 Å². The van der Waals surface area contributed by atoms with Crippen molar-refractivity contribution in [3.05, 3.63) is 71.0 Å². The number of carbonyl (C=O) groups is 3. The minimum atomic E-state index is -1.40. The van der Waals surface area contributed by atoms with Crippen LogP contribution in [-0.2, 0) is 19.1 Å². The number of nitrogens with one attached hydrogen (secondary N) is 1. The zero-order valence-corrected chi connectivity index (χ0v) is 23.8. The van der Waals surface area contributed by atoms with E-state index in [4.69, 9.17) is 9.47 Å². The van der Waals surface area contributed by atoms with Gasteiger partial charge in [-0.2, -0.15) is 0 Å². The number of halogens is 2. The van der Waals surface area contributed by atoms with Gasteiger partial charge in [-0.25, -0.2) is 13.6 Å². The number of hydrogen-bond acceptors (Lipinski definition) is 6. The smallest absolute Gasteiger partial charge is 0.410 e. The average molecular weight is 585 g/mol. The molecule has 2 aromatic rings. The lowest BCUT2D eigenvalue weighted by atomic mass is 9.96. The molecule has 3 fully saturated rings.